The van der Waals surface area contributed by atoms with Gasteiger partial charge in [0.2, 0.25) is 11.8 Å². The topological polar surface area (TPSA) is 105 Å². The second-order valence-corrected chi connectivity index (χ2v) is 16.9. The van der Waals surface area contributed by atoms with Gasteiger partial charge in [0.05, 0.1) is 31.4 Å². The van der Waals surface area contributed by atoms with Crippen LogP contribution in [0.15, 0.2) is 60.7 Å². The van der Waals surface area contributed by atoms with Crippen LogP contribution in [0.5, 0.6) is 6.01 Å². The number of hydrogen-bond acceptors (Lipinski definition) is 9. The van der Waals surface area contributed by atoms with Gasteiger partial charge in [-0.25, -0.2) is 4.39 Å². The number of benzene rings is 2. The minimum Gasteiger partial charge on any atom is -0.459 e. The van der Waals surface area contributed by atoms with E-state index in [1.807, 2.05) is 23.1 Å². The number of hydrogen-bond donors (Lipinski definition) is 1. The fourth-order valence-electron chi connectivity index (χ4n) is 6.23. The Morgan fingerprint density at radius 1 is 1.09 bits per heavy atom. The molecule has 2 aromatic carbocycles. The minimum absolute atomic E-state index is 0.00489. The van der Waals surface area contributed by atoms with E-state index < -0.39 is 32.2 Å². The zero-order chi connectivity index (χ0) is 30.7. The van der Waals surface area contributed by atoms with E-state index in [2.05, 4.69) is 96.5 Å². The van der Waals surface area contributed by atoms with Crippen molar-refractivity contribution in [3.8, 4) is 12.1 Å². The fraction of sp³-hybridized carbons (Fsp3) is 0.500. The van der Waals surface area contributed by atoms with Crippen molar-refractivity contribution in [3.05, 3.63) is 66.5 Å². The first kappa shape index (κ1) is 31.0. The van der Waals surface area contributed by atoms with Crippen LogP contribution in [0.1, 0.15) is 46.9 Å². The van der Waals surface area contributed by atoms with Crippen LogP contribution in [0.25, 0.3) is 0 Å². The Labute approximate surface area is 254 Å². The van der Waals surface area contributed by atoms with Crippen LogP contribution in [0.2, 0.25) is 5.04 Å². The monoisotopic (exact) mass is 604 g/mol. The van der Waals surface area contributed by atoms with Gasteiger partial charge in [-0.05, 0) is 42.2 Å². The zero-order valence-corrected chi connectivity index (χ0v) is 26.6. The molecule has 0 saturated carbocycles. The summed E-state index contributed by atoms with van der Waals surface area (Å²) in [6.07, 6.45) is -1.12. The maximum absolute atomic E-state index is 14.4. The van der Waals surface area contributed by atoms with Gasteiger partial charge in [-0.3, -0.25) is 0 Å². The molecule has 11 heteroatoms. The normalized spacial score (nSPS) is 23.8. The minimum atomic E-state index is -2.91. The molecule has 2 aliphatic heterocycles. The molecule has 9 nitrogen and oxygen atoms in total. The Bertz CT molecular complexity index is 1380. The lowest BCUT2D eigenvalue weighted by Gasteiger charge is -2.48. The van der Waals surface area contributed by atoms with Gasteiger partial charge in [0.1, 0.15) is 18.3 Å². The van der Waals surface area contributed by atoms with Crippen LogP contribution >= 0.6 is 0 Å². The fourth-order valence-corrected chi connectivity index (χ4v) is 11.0. The number of halogens is 1. The predicted octanol–water partition coefficient (Wildman–Crippen LogP) is 3.38. The summed E-state index contributed by atoms with van der Waals surface area (Å²) in [6, 6.07) is 22.5. The van der Waals surface area contributed by atoms with Crippen molar-refractivity contribution < 1.29 is 18.3 Å². The highest BCUT2D eigenvalue weighted by Crippen LogP contribution is 2.40. The van der Waals surface area contributed by atoms with E-state index in [1.54, 1.807) is 6.92 Å². The summed E-state index contributed by atoms with van der Waals surface area (Å²) >= 11 is 0. The van der Waals surface area contributed by atoms with E-state index in [0.29, 0.717) is 45.2 Å². The number of nitrogens with one attached hydrogen (secondary N) is 1. The number of alkyl halides is 1. The van der Waals surface area contributed by atoms with Gasteiger partial charge in [0.25, 0.3) is 8.32 Å². The van der Waals surface area contributed by atoms with Crippen LogP contribution < -0.4 is 25.3 Å². The predicted molar refractivity (Wildman–Crippen MR) is 166 cm³/mol. The quantitative estimate of drug-likeness (QED) is 0.388. The Morgan fingerprint density at radius 3 is 2.30 bits per heavy atom. The maximum Gasteiger partial charge on any atom is 0.322 e. The lowest BCUT2D eigenvalue weighted by atomic mass is 10.1. The first-order valence-electron chi connectivity index (χ1n) is 14.9. The molecule has 0 bridgehead atoms. The van der Waals surface area contributed by atoms with Crippen LogP contribution in [0.4, 0.5) is 10.3 Å². The average Bonchev–Trinajstić information content (AvgIpc) is 3.33. The van der Waals surface area contributed by atoms with Crippen LogP contribution in [0.3, 0.4) is 0 Å². The third kappa shape index (κ3) is 6.57. The number of aromatic nitrogens is 3. The molecule has 3 heterocycles. The molecule has 0 radical (unpaired) electrons. The van der Waals surface area contributed by atoms with Crippen LogP contribution in [-0.2, 0) is 9.16 Å². The summed E-state index contributed by atoms with van der Waals surface area (Å²) in [5, 5.41) is 15.0. The molecule has 1 unspecified atom stereocenters. The van der Waals surface area contributed by atoms with Gasteiger partial charge < -0.3 is 24.1 Å². The highest BCUT2D eigenvalue weighted by atomic mass is 28.4. The molecule has 5 rings (SSSR count). The summed E-state index contributed by atoms with van der Waals surface area (Å²) in [7, 11) is -2.91. The molecule has 0 aliphatic carbocycles. The van der Waals surface area contributed by atoms with Gasteiger partial charge in [-0.15, -0.1) is 0 Å². The zero-order valence-electron chi connectivity index (χ0n) is 25.6. The first-order chi connectivity index (χ1) is 20.5. The van der Waals surface area contributed by atoms with E-state index in [-0.39, 0.29) is 16.9 Å². The van der Waals surface area contributed by atoms with Gasteiger partial charge in [-0.1, -0.05) is 81.4 Å². The molecule has 1 aromatic heterocycles. The summed E-state index contributed by atoms with van der Waals surface area (Å²) in [5.41, 5.74) is -0.759. The maximum atomic E-state index is 14.4. The molecule has 228 valence electrons. The van der Waals surface area contributed by atoms with Crippen molar-refractivity contribution in [3.63, 3.8) is 0 Å². The van der Waals surface area contributed by atoms with Crippen LogP contribution in [-0.4, -0.2) is 80.0 Å². The van der Waals surface area contributed by atoms with E-state index in [1.165, 1.54) is 10.4 Å². The number of ether oxygens (including phenoxy) is 2. The van der Waals surface area contributed by atoms with Gasteiger partial charge in [0.15, 0.2) is 0 Å². The number of anilines is 1. The Hall–Kier alpha value is -3.43. The SMILES string of the molecule is CC(Oc1nc(C#N)nc(N2CCOC[C@@](C)(O[Si](c3ccccc3)(c3ccccc3)C(C)(C)C)C2)n1)[C@H]1NCC[C@H]1F. The molecular weight excluding hydrogens is 563 g/mol. The largest absolute Gasteiger partial charge is 0.459 e. The van der Waals surface area contributed by atoms with E-state index >= 15 is 0 Å². The van der Waals surface area contributed by atoms with Gasteiger partial charge in [-0.2, -0.15) is 20.2 Å². The van der Waals surface area contributed by atoms with E-state index in [0.717, 1.165) is 0 Å². The molecular formula is C32H41FN6O3Si. The van der Waals surface area contributed by atoms with E-state index in [9.17, 15) is 9.65 Å². The van der Waals surface area contributed by atoms with Crippen molar-refractivity contribution in [2.24, 2.45) is 0 Å². The van der Waals surface area contributed by atoms with Crippen molar-refractivity contribution in [1.29, 1.82) is 5.26 Å². The number of rotatable bonds is 8. The molecule has 4 atom stereocenters. The molecule has 0 amide bonds. The number of nitrogens with zero attached hydrogens (tertiary/aromatic N) is 5. The lowest BCUT2D eigenvalue weighted by molar-refractivity contribution is -0.000403. The third-order valence-corrected chi connectivity index (χ3v) is 13.4. The Morgan fingerprint density at radius 2 is 1.74 bits per heavy atom. The summed E-state index contributed by atoms with van der Waals surface area (Å²) in [4.78, 5) is 15.2. The highest BCUT2D eigenvalue weighted by Gasteiger charge is 2.54. The molecule has 2 saturated heterocycles. The molecule has 2 fully saturated rings. The summed E-state index contributed by atoms with van der Waals surface area (Å²) in [5.74, 6) is 0.232. The first-order valence-corrected chi connectivity index (χ1v) is 16.8. The molecule has 0 spiro atoms. The molecule has 3 aromatic rings. The van der Waals surface area contributed by atoms with Gasteiger partial charge in [0, 0.05) is 6.54 Å². The second-order valence-electron chi connectivity index (χ2n) is 12.7. The molecule has 2 aliphatic rings. The second kappa shape index (κ2) is 12.7. The van der Waals surface area contributed by atoms with Crippen LogP contribution in [0, 0.1) is 11.3 Å². The van der Waals surface area contributed by atoms with Crippen molar-refractivity contribution in [2.45, 2.75) is 70.0 Å². The van der Waals surface area contributed by atoms with E-state index in [4.69, 9.17) is 13.9 Å². The standard InChI is InChI=1S/C32H41FN6O3Si/c1-23(28-26(33)16-17-35-28)41-30-37-27(20-34)36-29(38-30)39-18-19-40-22-32(5,21-39)42-43(31(2,3)4,24-12-8-6-9-13-24)25-14-10-7-11-15-25/h6-15,23,26,28,35H,16-19,21-22H2,1-5H3/t23?,26-,28-,32+/m1/s1. The third-order valence-electron chi connectivity index (χ3n) is 8.23. The summed E-state index contributed by atoms with van der Waals surface area (Å²) < 4.78 is 34.0. The van der Waals surface area contributed by atoms with Gasteiger partial charge >= 0.3 is 6.01 Å². The average molecular weight is 605 g/mol. The lowest BCUT2D eigenvalue weighted by Crippen LogP contribution is -2.70. The molecule has 43 heavy (non-hydrogen) atoms. The number of nitriles is 1. The molecule has 1 N–H and O–H groups in total. The van der Waals surface area contributed by atoms with Crippen molar-refractivity contribution in [1.82, 2.24) is 20.3 Å². The highest BCUT2D eigenvalue weighted by molar-refractivity contribution is 6.99. The summed E-state index contributed by atoms with van der Waals surface area (Å²) in [6.45, 7) is 12.9. The van der Waals surface area contributed by atoms with Crippen molar-refractivity contribution >= 4 is 24.6 Å². The Kier molecular flexibility index (Phi) is 9.13. The Balaban J connectivity index is 1.50. The van der Waals surface area contributed by atoms with Crippen molar-refractivity contribution in [2.75, 3.05) is 37.7 Å². The smallest absolute Gasteiger partial charge is 0.322 e.